The first-order valence-corrected chi connectivity index (χ1v) is 12.2. The second-order valence-corrected chi connectivity index (χ2v) is 9.04. The van der Waals surface area contributed by atoms with Gasteiger partial charge >= 0.3 is 0 Å². The summed E-state index contributed by atoms with van der Waals surface area (Å²) >= 11 is 0. The highest BCUT2D eigenvalue weighted by molar-refractivity contribution is 5.64. The van der Waals surface area contributed by atoms with E-state index in [9.17, 15) is 0 Å². The molecular weight excluding hydrogens is 436 g/mol. The highest BCUT2D eigenvalue weighted by Crippen LogP contribution is 2.24. The Labute approximate surface area is 207 Å². The Kier molecular flexibility index (Phi) is 7.21. The Morgan fingerprint density at radius 2 is 1.51 bits per heavy atom. The molecule has 3 aromatic carbocycles. The van der Waals surface area contributed by atoms with Crippen LogP contribution in [0.25, 0.3) is 16.8 Å². The fraction of sp³-hybridized carbons (Fsp3) is 0.310. The summed E-state index contributed by atoms with van der Waals surface area (Å²) < 4.78 is 12.8. The van der Waals surface area contributed by atoms with Crippen LogP contribution < -0.4 is 4.74 Å². The Morgan fingerprint density at radius 1 is 0.857 bits per heavy atom. The predicted molar refractivity (Wildman–Crippen MR) is 138 cm³/mol. The lowest BCUT2D eigenvalue weighted by molar-refractivity contribution is 0.0383. The van der Waals surface area contributed by atoms with E-state index in [1.165, 1.54) is 22.3 Å². The van der Waals surface area contributed by atoms with Gasteiger partial charge in [-0.15, -0.1) is 5.10 Å². The van der Waals surface area contributed by atoms with Gasteiger partial charge in [-0.25, -0.2) is 4.68 Å². The topological polar surface area (TPSA) is 52.4 Å². The van der Waals surface area contributed by atoms with Crippen LogP contribution >= 0.6 is 0 Å². The van der Waals surface area contributed by atoms with Gasteiger partial charge in [0.1, 0.15) is 5.75 Å². The molecule has 1 aromatic heterocycles. The first-order chi connectivity index (χ1) is 17.2. The molecule has 0 radical (unpaired) electrons. The zero-order chi connectivity index (χ0) is 24.0. The maximum Gasteiger partial charge on any atom is 0.118 e. The average Bonchev–Trinajstić information content (AvgIpc) is 3.31. The molecule has 0 aliphatic carbocycles. The largest absolute Gasteiger partial charge is 0.497 e. The number of ether oxygens (including phenoxy) is 2. The van der Waals surface area contributed by atoms with Gasteiger partial charge in [-0.2, -0.15) is 0 Å². The van der Waals surface area contributed by atoms with E-state index in [-0.39, 0.29) is 0 Å². The van der Waals surface area contributed by atoms with E-state index in [1.54, 1.807) is 7.11 Å². The molecule has 6 nitrogen and oxygen atoms in total. The minimum atomic E-state index is 0.780. The van der Waals surface area contributed by atoms with Crippen LogP contribution in [0.3, 0.4) is 0 Å². The molecule has 1 aliphatic heterocycles. The third-order valence-corrected chi connectivity index (χ3v) is 6.64. The summed E-state index contributed by atoms with van der Waals surface area (Å²) in [6.07, 6.45) is 1.66. The number of hydrogen-bond donors (Lipinski definition) is 0. The predicted octanol–water partition coefficient (Wildman–Crippen LogP) is 4.72. The molecule has 35 heavy (non-hydrogen) atoms. The normalized spacial score (nSPS) is 14.2. The van der Waals surface area contributed by atoms with Crippen LogP contribution in [0.1, 0.15) is 22.5 Å². The van der Waals surface area contributed by atoms with Crippen molar-refractivity contribution in [1.82, 2.24) is 19.9 Å². The number of aromatic nitrogens is 3. The number of morpholine rings is 1. The van der Waals surface area contributed by atoms with Gasteiger partial charge in [-0.3, -0.25) is 4.90 Å². The molecular formula is C29H32N4O2. The monoisotopic (exact) mass is 468 g/mol. The molecule has 0 amide bonds. The molecule has 2 heterocycles. The first kappa shape index (κ1) is 23.3. The Balaban J connectivity index is 1.39. The molecule has 180 valence electrons. The SMILES string of the molecule is COc1ccc(-c2ccc(Cc3c(CCN4CCOCC4)nnn3-c3ccc(C)cc3)cc2)cc1. The lowest BCUT2D eigenvalue weighted by atomic mass is 10.0. The summed E-state index contributed by atoms with van der Waals surface area (Å²) in [4.78, 5) is 2.45. The maximum absolute atomic E-state index is 5.50. The molecule has 0 N–H and O–H groups in total. The van der Waals surface area contributed by atoms with Crippen LogP contribution in [0.4, 0.5) is 0 Å². The molecule has 5 rings (SSSR count). The van der Waals surface area contributed by atoms with Crippen LogP contribution in [0.5, 0.6) is 5.75 Å². The van der Waals surface area contributed by atoms with E-state index >= 15 is 0 Å². The van der Waals surface area contributed by atoms with Crippen molar-refractivity contribution in [3.8, 4) is 22.6 Å². The van der Waals surface area contributed by atoms with Crippen molar-refractivity contribution in [2.75, 3.05) is 40.0 Å². The minimum Gasteiger partial charge on any atom is -0.497 e. The summed E-state index contributed by atoms with van der Waals surface area (Å²) in [7, 11) is 1.69. The fourth-order valence-corrected chi connectivity index (χ4v) is 4.48. The van der Waals surface area contributed by atoms with E-state index < -0.39 is 0 Å². The summed E-state index contributed by atoms with van der Waals surface area (Å²) in [6.45, 7) is 6.65. The number of methoxy groups -OCH3 is 1. The van der Waals surface area contributed by atoms with Crippen molar-refractivity contribution in [3.05, 3.63) is 95.3 Å². The summed E-state index contributed by atoms with van der Waals surface area (Å²) in [5.41, 5.74) is 8.10. The zero-order valence-electron chi connectivity index (χ0n) is 20.5. The van der Waals surface area contributed by atoms with Gasteiger partial charge in [0, 0.05) is 32.5 Å². The van der Waals surface area contributed by atoms with Crippen LogP contribution in [-0.4, -0.2) is 59.9 Å². The van der Waals surface area contributed by atoms with Crippen LogP contribution in [0.2, 0.25) is 0 Å². The highest BCUT2D eigenvalue weighted by atomic mass is 16.5. The smallest absolute Gasteiger partial charge is 0.118 e. The van der Waals surface area contributed by atoms with E-state index in [1.807, 2.05) is 16.8 Å². The number of hydrogen-bond acceptors (Lipinski definition) is 5. The Bertz CT molecular complexity index is 1230. The van der Waals surface area contributed by atoms with Gasteiger partial charge in [-0.05, 0) is 47.9 Å². The summed E-state index contributed by atoms with van der Waals surface area (Å²) in [5, 5.41) is 9.19. The van der Waals surface area contributed by atoms with E-state index in [4.69, 9.17) is 9.47 Å². The van der Waals surface area contributed by atoms with E-state index in [0.29, 0.717) is 0 Å². The van der Waals surface area contributed by atoms with E-state index in [0.717, 1.165) is 68.5 Å². The van der Waals surface area contributed by atoms with Crippen molar-refractivity contribution >= 4 is 0 Å². The fourth-order valence-electron chi connectivity index (χ4n) is 4.48. The lowest BCUT2D eigenvalue weighted by Gasteiger charge is -2.26. The molecule has 0 bridgehead atoms. The van der Waals surface area contributed by atoms with Gasteiger partial charge in [-0.1, -0.05) is 59.3 Å². The molecule has 1 saturated heterocycles. The van der Waals surface area contributed by atoms with Crippen molar-refractivity contribution < 1.29 is 9.47 Å². The van der Waals surface area contributed by atoms with Gasteiger partial charge in [0.2, 0.25) is 0 Å². The molecule has 0 spiro atoms. The minimum absolute atomic E-state index is 0.780. The number of rotatable bonds is 8. The molecule has 0 unspecified atom stereocenters. The summed E-state index contributed by atoms with van der Waals surface area (Å²) in [5.74, 6) is 0.867. The molecule has 0 saturated carbocycles. The number of aryl methyl sites for hydroxylation is 1. The third-order valence-electron chi connectivity index (χ3n) is 6.64. The quantitative estimate of drug-likeness (QED) is 0.375. The van der Waals surface area contributed by atoms with Gasteiger partial charge < -0.3 is 9.47 Å². The molecule has 6 heteroatoms. The first-order valence-electron chi connectivity index (χ1n) is 12.2. The molecule has 4 aromatic rings. The standard InChI is InChI=1S/C29H32N4O2/c1-22-3-11-26(12-4-22)33-29(28(30-31-33)15-16-32-17-19-35-20-18-32)21-23-5-7-24(8-6-23)25-9-13-27(34-2)14-10-25/h3-14H,15-21H2,1-2H3. The molecule has 0 atom stereocenters. The molecule has 1 aliphatic rings. The maximum atomic E-state index is 5.50. The molecule has 1 fully saturated rings. The van der Waals surface area contributed by atoms with Crippen LogP contribution in [0.15, 0.2) is 72.8 Å². The highest BCUT2D eigenvalue weighted by Gasteiger charge is 2.17. The van der Waals surface area contributed by atoms with Crippen molar-refractivity contribution in [2.45, 2.75) is 19.8 Å². The number of nitrogens with zero attached hydrogens (tertiary/aromatic N) is 4. The second-order valence-electron chi connectivity index (χ2n) is 9.04. The third kappa shape index (κ3) is 5.61. The van der Waals surface area contributed by atoms with Gasteiger partial charge in [0.25, 0.3) is 0 Å². The van der Waals surface area contributed by atoms with Crippen molar-refractivity contribution in [3.63, 3.8) is 0 Å². The van der Waals surface area contributed by atoms with Gasteiger partial charge in [0.15, 0.2) is 0 Å². The summed E-state index contributed by atoms with van der Waals surface area (Å²) in [6, 6.07) is 25.4. The zero-order valence-corrected chi connectivity index (χ0v) is 20.5. The van der Waals surface area contributed by atoms with E-state index in [2.05, 4.69) is 82.8 Å². The van der Waals surface area contributed by atoms with Crippen LogP contribution in [0, 0.1) is 6.92 Å². The lowest BCUT2D eigenvalue weighted by Crippen LogP contribution is -2.37. The number of benzene rings is 3. The van der Waals surface area contributed by atoms with Gasteiger partial charge in [0.05, 0.1) is 37.4 Å². The van der Waals surface area contributed by atoms with Crippen LogP contribution in [-0.2, 0) is 17.6 Å². The van der Waals surface area contributed by atoms with Crippen molar-refractivity contribution in [2.24, 2.45) is 0 Å². The average molecular weight is 469 g/mol. The van der Waals surface area contributed by atoms with Crippen molar-refractivity contribution in [1.29, 1.82) is 0 Å². The Hall–Kier alpha value is -3.48. The Morgan fingerprint density at radius 3 is 2.17 bits per heavy atom. The second kappa shape index (κ2) is 10.8.